The SMILES string of the molecule is OC(COCc1ccccc1)CN1CCN(Cc2ccc3c(c2)OCO3)CC1.[Cl-].[Cl-]. The number of aliphatic hydroxyl groups excluding tert-OH is 1. The van der Waals surface area contributed by atoms with Crippen LogP contribution in [0, 0.1) is 0 Å². The maximum atomic E-state index is 10.3. The van der Waals surface area contributed by atoms with Crippen LogP contribution in [-0.4, -0.2) is 67.1 Å². The summed E-state index contributed by atoms with van der Waals surface area (Å²) >= 11 is 0. The summed E-state index contributed by atoms with van der Waals surface area (Å²) in [4.78, 5) is 4.75. The zero-order valence-electron chi connectivity index (χ0n) is 16.9. The number of piperazine rings is 1. The maximum Gasteiger partial charge on any atom is 0.231 e. The molecule has 1 saturated heterocycles. The van der Waals surface area contributed by atoms with Crippen LogP contribution in [0.2, 0.25) is 0 Å². The molecule has 0 aliphatic carbocycles. The highest BCUT2D eigenvalue weighted by atomic mass is 35.5. The number of benzene rings is 2. The van der Waals surface area contributed by atoms with Gasteiger partial charge in [0.25, 0.3) is 0 Å². The highest BCUT2D eigenvalue weighted by molar-refractivity contribution is 5.44. The molecule has 4 rings (SSSR count). The molecule has 0 saturated carbocycles. The summed E-state index contributed by atoms with van der Waals surface area (Å²) in [7, 11) is 0. The first-order valence-electron chi connectivity index (χ1n) is 9.89. The van der Waals surface area contributed by atoms with Crippen molar-refractivity contribution in [2.45, 2.75) is 19.3 Å². The minimum Gasteiger partial charge on any atom is -1.00 e. The number of nitrogens with zero attached hydrogens (tertiary/aromatic N) is 2. The van der Waals surface area contributed by atoms with Crippen molar-refractivity contribution >= 4 is 0 Å². The molecule has 0 radical (unpaired) electrons. The van der Waals surface area contributed by atoms with Crippen molar-refractivity contribution < 1.29 is 44.1 Å². The molecule has 1 N–H and O–H groups in total. The van der Waals surface area contributed by atoms with E-state index in [1.807, 2.05) is 36.4 Å². The molecule has 0 amide bonds. The van der Waals surface area contributed by atoms with E-state index in [1.54, 1.807) is 0 Å². The summed E-state index contributed by atoms with van der Waals surface area (Å²) in [6, 6.07) is 16.2. The average molecular weight is 455 g/mol. The first-order valence-corrected chi connectivity index (χ1v) is 9.89. The van der Waals surface area contributed by atoms with Gasteiger partial charge < -0.3 is 44.1 Å². The fourth-order valence-corrected chi connectivity index (χ4v) is 3.67. The molecule has 6 nitrogen and oxygen atoms in total. The molecule has 2 aromatic rings. The monoisotopic (exact) mass is 454 g/mol. The van der Waals surface area contributed by atoms with Crippen molar-refractivity contribution in [3.05, 3.63) is 59.7 Å². The fraction of sp³-hybridized carbons (Fsp3) is 0.455. The van der Waals surface area contributed by atoms with Gasteiger partial charge in [0.05, 0.1) is 19.3 Å². The van der Waals surface area contributed by atoms with Crippen LogP contribution in [0.15, 0.2) is 48.5 Å². The zero-order chi connectivity index (χ0) is 19.2. The predicted molar refractivity (Wildman–Crippen MR) is 106 cm³/mol. The number of rotatable bonds is 8. The fourth-order valence-electron chi connectivity index (χ4n) is 3.67. The number of aliphatic hydroxyl groups is 1. The van der Waals surface area contributed by atoms with E-state index in [0.717, 1.165) is 49.8 Å². The number of fused-ring (bicyclic) bond motifs is 1. The van der Waals surface area contributed by atoms with Crippen molar-refractivity contribution in [3.63, 3.8) is 0 Å². The van der Waals surface area contributed by atoms with E-state index in [4.69, 9.17) is 14.2 Å². The van der Waals surface area contributed by atoms with Gasteiger partial charge in [-0.25, -0.2) is 0 Å². The van der Waals surface area contributed by atoms with Gasteiger partial charge in [-0.15, -0.1) is 0 Å². The Morgan fingerprint density at radius 2 is 1.57 bits per heavy atom. The molecule has 0 bridgehead atoms. The van der Waals surface area contributed by atoms with Crippen LogP contribution in [0.5, 0.6) is 11.5 Å². The Balaban J connectivity index is 0.00000160. The normalized spacial score (nSPS) is 17.1. The second-order valence-corrected chi connectivity index (χ2v) is 7.42. The van der Waals surface area contributed by atoms with E-state index in [2.05, 4.69) is 21.9 Å². The first-order chi connectivity index (χ1) is 13.8. The summed E-state index contributed by atoms with van der Waals surface area (Å²) in [5.74, 6) is 1.67. The van der Waals surface area contributed by atoms with Crippen LogP contribution >= 0.6 is 0 Å². The summed E-state index contributed by atoms with van der Waals surface area (Å²) in [6.07, 6.45) is -0.455. The van der Waals surface area contributed by atoms with Gasteiger partial charge >= 0.3 is 0 Å². The summed E-state index contributed by atoms with van der Waals surface area (Å²) < 4.78 is 16.5. The van der Waals surface area contributed by atoms with Crippen LogP contribution in [0.4, 0.5) is 0 Å². The molecule has 2 aliphatic heterocycles. The Labute approximate surface area is 190 Å². The molecule has 166 valence electrons. The van der Waals surface area contributed by atoms with Crippen LogP contribution in [-0.2, 0) is 17.9 Å². The molecule has 2 aromatic carbocycles. The van der Waals surface area contributed by atoms with Gasteiger partial charge in [-0.2, -0.15) is 0 Å². The molecule has 8 heteroatoms. The predicted octanol–water partition coefficient (Wildman–Crippen LogP) is -3.88. The minimum atomic E-state index is -0.455. The largest absolute Gasteiger partial charge is 1.00 e. The van der Waals surface area contributed by atoms with Gasteiger partial charge in [-0.3, -0.25) is 9.80 Å². The quantitative estimate of drug-likeness (QED) is 0.440. The summed E-state index contributed by atoms with van der Waals surface area (Å²) in [6.45, 7) is 6.70. The molecular formula is C22H28Cl2N2O4-2. The highest BCUT2D eigenvalue weighted by Crippen LogP contribution is 2.32. The number of ether oxygens (including phenoxy) is 3. The molecule has 2 heterocycles. The van der Waals surface area contributed by atoms with Gasteiger partial charge in [-0.05, 0) is 23.3 Å². The van der Waals surface area contributed by atoms with E-state index >= 15 is 0 Å². The molecule has 1 unspecified atom stereocenters. The Kier molecular flexibility index (Phi) is 10.2. The van der Waals surface area contributed by atoms with E-state index in [0.29, 0.717) is 26.6 Å². The Morgan fingerprint density at radius 3 is 2.33 bits per heavy atom. The highest BCUT2D eigenvalue weighted by Gasteiger charge is 2.20. The Hall–Kier alpha value is -1.54. The molecule has 30 heavy (non-hydrogen) atoms. The van der Waals surface area contributed by atoms with Crippen molar-refractivity contribution in [3.8, 4) is 11.5 Å². The van der Waals surface area contributed by atoms with E-state index in [9.17, 15) is 5.11 Å². The van der Waals surface area contributed by atoms with Crippen LogP contribution in [0.1, 0.15) is 11.1 Å². The zero-order valence-corrected chi connectivity index (χ0v) is 18.4. The minimum absolute atomic E-state index is 0. The van der Waals surface area contributed by atoms with Crippen molar-refractivity contribution in [2.75, 3.05) is 46.1 Å². The molecular weight excluding hydrogens is 427 g/mol. The van der Waals surface area contributed by atoms with Crippen LogP contribution in [0.3, 0.4) is 0 Å². The van der Waals surface area contributed by atoms with Crippen molar-refractivity contribution in [1.29, 1.82) is 0 Å². The van der Waals surface area contributed by atoms with E-state index in [-0.39, 0.29) is 24.8 Å². The second-order valence-electron chi connectivity index (χ2n) is 7.42. The first kappa shape index (κ1) is 24.7. The van der Waals surface area contributed by atoms with Crippen LogP contribution in [0.25, 0.3) is 0 Å². The Bertz CT molecular complexity index is 758. The van der Waals surface area contributed by atoms with Crippen molar-refractivity contribution in [1.82, 2.24) is 9.80 Å². The van der Waals surface area contributed by atoms with Gasteiger partial charge in [0.1, 0.15) is 0 Å². The molecule has 1 atom stereocenters. The van der Waals surface area contributed by atoms with E-state index in [1.165, 1.54) is 5.56 Å². The lowest BCUT2D eigenvalue weighted by Gasteiger charge is -2.35. The molecule has 1 fully saturated rings. The lowest BCUT2D eigenvalue weighted by Crippen LogP contribution is -3.00. The van der Waals surface area contributed by atoms with Gasteiger partial charge in [0.15, 0.2) is 11.5 Å². The standard InChI is InChI=1S/C22H28N2O4.2ClH/c25-20(16-26-15-18-4-2-1-3-5-18)14-24-10-8-23(9-11-24)13-19-6-7-21-22(12-19)28-17-27-21;;/h1-7,12,20,25H,8-11,13-17H2;2*1H/p-2. The third-order valence-electron chi connectivity index (χ3n) is 5.20. The summed E-state index contributed by atoms with van der Waals surface area (Å²) in [5, 5.41) is 10.3. The lowest BCUT2D eigenvalue weighted by molar-refractivity contribution is -0.001000. The average Bonchev–Trinajstić information content (AvgIpc) is 3.18. The lowest BCUT2D eigenvalue weighted by atomic mass is 10.1. The van der Waals surface area contributed by atoms with E-state index < -0.39 is 6.10 Å². The number of β-amino-alcohol motifs (C(OH)–C–C–N with tert-alkyl or cyclic N) is 1. The molecule has 2 aliphatic rings. The Morgan fingerprint density at radius 1 is 0.867 bits per heavy atom. The number of hydrogen-bond acceptors (Lipinski definition) is 6. The summed E-state index contributed by atoms with van der Waals surface area (Å²) in [5.41, 5.74) is 2.37. The number of halogens is 2. The second kappa shape index (κ2) is 12.3. The number of hydrogen-bond donors (Lipinski definition) is 1. The van der Waals surface area contributed by atoms with Gasteiger partial charge in [0, 0.05) is 39.3 Å². The van der Waals surface area contributed by atoms with Crippen LogP contribution < -0.4 is 34.3 Å². The van der Waals surface area contributed by atoms with Gasteiger partial charge in [0.2, 0.25) is 6.79 Å². The molecule has 0 aromatic heterocycles. The van der Waals surface area contributed by atoms with Crippen molar-refractivity contribution in [2.24, 2.45) is 0 Å². The molecule has 0 spiro atoms. The topological polar surface area (TPSA) is 54.4 Å². The maximum absolute atomic E-state index is 10.3. The smallest absolute Gasteiger partial charge is 0.231 e. The third kappa shape index (κ3) is 7.01. The third-order valence-corrected chi connectivity index (χ3v) is 5.20. The van der Waals surface area contributed by atoms with Gasteiger partial charge in [-0.1, -0.05) is 36.4 Å².